The minimum atomic E-state index is -4.88. The molecule has 0 aliphatic carbocycles. The molecule has 36 heavy (non-hydrogen) atoms. The zero-order valence-corrected chi connectivity index (χ0v) is 21.6. The van der Waals surface area contributed by atoms with Crippen LogP contribution in [0.5, 0.6) is 11.5 Å². The van der Waals surface area contributed by atoms with E-state index < -0.39 is 52.1 Å². The van der Waals surface area contributed by atoms with Crippen molar-refractivity contribution in [3.05, 3.63) is 23.8 Å². The van der Waals surface area contributed by atoms with Gasteiger partial charge in [-0.15, -0.1) is 4.28 Å². The van der Waals surface area contributed by atoms with Gasteiger partial charge < -0.3 is 24.8 Å². The molecule has 1 aromatic carbocycles. The van der Waals surface area contributed by atoms with Crippen molar-refractivity contribution in [3.63, 3.8) is 0 Å². The van der Waals surface area contributed by atoms with Crippen molar-refractivity contribution in [2.24, 2.45) is 11.1 Å². The summed E-state index contributed by atoms with van der Waals surface area (Å²) in [5.41, 5.74) is 4.75. The minimum absolute atomic E-state index is 0.0357. The van der Waals surface area contributed by atoms with Crippen LogP contribution in [0.4, 0.5) is 4.79 Å². The molecule has 2 N–H and O–H groups in total. The quantitative estimate of drug-likeness (QED) is 0.347. The molecule has 2 bridgehead atoms. The normalized spacial score (nSPS) is 20.8. The Balaban J connectivity index is 1.79. The van der Waals surface area contributed by atoms with Crippen molar-refractivity contribution in [2.75, 3.05) is 20.8 Å². The number of hydrogen-bond acceptors (Lipinski definition) is 10. The topological polar surface area (TPSA) is 164 Å². The van der Waals surface area contributed by atoms with Gasteiger partial charge in [0.1, 0.15) is 23.1 Å². The second-order valence-corrected chi connectivity index (χ2v) is 10.8. The molecule has 3 rings (SSSR count). The molecule has 0 aromatic heterocycles. The molecule has 2 aliphatic heterocycles. The monoisotopic (exact) mass is 529 g/mol. The molecule has 2 heterocycles. The van der Waals surface area contributed by atoms with Gasteiger partial charge in [0.15, 0.2) is 0 Å². The summed E-state index contributed by atoms with van der Waals surface area (Å²) < 4.78 is 51.5. The van der Waals surface area contributed by atoms with Crippen LogP contribution in [0.3, 0.4) is 0 Å². The Labute approximate surface area is 209 Å². The van der Waals surface area contributed by atoms with Gasteiger partial charge in [0.2, 0.25) is 12.2 Å². The van der Waals surface area contributed by atoms with Crippen LogP contribution in [0.15, 0.2) is 18.2 Å². The van der Waals surface area contributed by atoms with Crippen LogP contribution < -0.4 is 15.2 Å². The molecule has 3 amide bonds. The van der Waals surface area contributed by atoms with Crippen LogP contribution in [0.25, 0.3) is 0 Å². The van der Waals surface area contributed by atoms with Crippen LogP contribution in [-0.2, 0) is 28.4 Å². The lowest BCUT2D eigenvalue weighted by atomic mass is 9.92. The van der Waals surface area contributed by atoms with Gasteiger partial charge in [-0.1, -0.05) is 26.8 Å². The standard InChI is InChI=1S/C22H31N3O10S/c1-22(2,3)11-17(33-20(27)18-15(31-4)7-6-8-16(18)32-5)34-36(29,30)35-25-13-9-10-14(19(23)26)24(12-13)21(25)28/h6-8,13-14,17H,9-12H2,1-5H3,(H2,23,26)/t13-,14+,17?/m1/s1. The summed E-state index contributed by atoms with van der Waals surface area (Å²) in [6.07, 6.45) is -1.06. The first-order valence-corrected chi connectivity index (χ1v) is 12.5. The number of nitrogens with zero attached hydrogens (tertiary/aromatic N) is 2. The molecular weight excluding hydrogens is 498 g/mol. The number of carbonyl (C=O) groups is 3. The Morgan fingerprint density at radius 3 is 2.28 bits per heavy atom. The predicted molar refractivity (Wildman–Crippen MR) is 124 cm³/mol. The third kappa shape index (κ3) is 6.17. The number of hydrogen-bond donors (Lipinski definition) is 1. The first-order valence-electron chi connectivity index (χ1n) is 11.2. The lowest BCUT2D eigenvalue weighted by Gasteiger charge is -2.27. The molecule has 3 atom stereocenters. The molecule has 0 spiro atoms. The number of ether oxygens (including phenoxy) is 3. The predicted octanol–water partition coefficient (Wildman–Crippen LogP) is 1.57. The first-order chi connectivity index (χ1) is 16.8. The second kappa shape index (κ2) is 10.5. The van der Waals surface area contributed by atoms with Crippen molar-refractivity contribution in [3.8, 4) is 11.5 Å². The summed E-state index contributed by atoms with van der Waals surface area (Å²) in [7, 11) is -2.17. The van der Waals surface area contributed by atoms with Gasteiger partial charge in [-0.05, 0) is 30.4 Å². The third-order valence-corrected chi connectivity index (χ3v) is 6.49. The maximum atomic E-state index is 13.0. The largest absolute Gasteiger partial charge is 0.496 e. The van der Waals surface area contributed by atoms with E-state index in [0.29, 0.717) is 11.5 Å². The number of amides is 3. The Bertz CT molecular complexity index is 1100. The Kier molecular flexibility index (Phi) is 8.00. The Morgan fingerprint density at radius 2 is 1.75 bits per heavy atom. The van der Waals surface area contributed by atoms with Crippen LogP contribution in [0.2, 0.25) is 0 Å². The highest BCUT2D eigenvalue weighted by Gasteiger charge is 2.49. The van der Waals surface area contributed by atoms with Gasteiger partial charge >= 0.3 is 22.4 Å². The summed E-state index contributed by atoms with van der Waals surface area (Å²) >= 11 is 0. The van der Waals surface area contributed by atoms with E-state index in [2.05, 4.69) is 0 Å². The highest BCUT2D eigenvalue weighted by molar-refractivity contribution is 7.81. The fourth-order valence-corrected chi connectivity index (χ4v) is 4.89. The molecule has 200 valence electrons. The van der Waals surface area contributed by atoms with Gasteiger partial charge in [-0.2, -0.15) is 13.5 Å². The van der Waals surface area contributed by atoms with E-state index in [0.717, 1.165) is 4.90 Å². The zero-order valence-electron chi connectivity index (χ0n) is 20.8. The van der Waals surface area contributed by atoms with Crippen LogP contribution in [0, 0.1) is 5.41 Å². The highest BCUT2D eigenvalue weighted by Crippen LogP contribution is 2.33. The average molecular weight is 530 g/mol. The first kappa shape index (κ1) is 27.5. The molecular formula is C22H31N3O10S. The molecule has 1 aromatic rings. The van der Waals surface area contributed by atoms with E-state index >= 15 is 0 Å². The number of esters is 1. The average Bonchev–Trinajstić information content (AvgIpc) is 3.00. The van der Waals surface area contributed by atoms with Crippen molar-refractivity contribution >= 4 is 28.3 Å². The number of primary amides is 1. The lowest BCUT2D eigenvalue weighted by molar-refractivity contribution is -0.122. The van der Waals surface area contributed by atoms with E-state index in [9.17, 15) is 22.8 Å². The smallest absolute Gasteiger partial charge is 0.424 e. The number of carbonyl (C=O) groups excluding carboxylic acids is 3. The van der Waals surface area contributed by atoms with Gasteiger partial charge in [-0.25, -0.2) is 13.8 Å². The van der Waals surface area contributed by atoms with Crippen LogP contribution in [0.1, 0.15) is 50.4 Å². The second-order valence-electron chi connectivity index (χ2n) is 9.63. The number of fused-ring (bicyclic) bond motifs is 2. The van der Waals surface area contributed by atoms with Gasteiger partial charge in [0.05, 0.1) is 20.3 Å². The van der Waals surface area contributed by atoms with Crippen molar-refractivity contribution < 1.29 is 45.5 Å². The van der Waals surface area contributed by atoms with E-state index in [1.165, 1.54) is 26.4 Å². The highest BCUT2D eigenvalue weighted by atomic mass is 32.3. The number of piperidine rings is 1. The molecule has 2 saturated heterocycles. The molecule has 0 radical (unpaired) electrons. The summed E-state index contributed by atoms with van der Waals surface area (Å²) in [6.45, 7) is 5.45. The fraction of sp³-hybridized carbons (Fsp3) is 0.591. The summed E-state index contributed by atoms with van der Waals surface area (Å²) in [6, 6.07) is 2.35. The number of benzene rings is 1. The number of rotatable bonds is 10. The van der Waals surface area contributed by atoms with E-state index in [1.54, 1.807) is 26.8 Å². The van der Waals surface area contributed by atoms with Crippen LogP contribution >= 0.6 is 0 Å². The number of nitrogens with two attached hydrogens (primary N) is 1. The Morgan fingerprint density at radius 1 is 1.14 bits per heavy atom. The molecule has 2 fully saturated rings. The SMILES string of the molecule is COc1cccc(OC)c1C(=O)OC(CC(C)(C)C)OS(=O)(=O)ON1C(=O)N2C[C@H]1CC[C@H]2C(N)=O. The van der Waals surface area contributed by atoms with Gasteiger partial charge in [0.25, 0.3) is 0 Å². The lowest BCUT2D eigenvalue weighted by Crippen LogP contribution is -2.47. The summed E-state index contributed by atoms with van der Waals surface area (Å²) in [5.74, 6) is -1.33. The van der Waals surface area contributed by atoms with E-state index in [4.69, 9.17) is 28.4 Å². The maximum Gasteiger partial charge on any atom is 0.424 e. The van der Waals surface area contributed by atoms with Gasteiger partial charge in [-0.3, -0.25) is 4.79 Å². The maximum absolute atomic E-state index is 13.0. The van der Waals surface area contributed by atoms with Gasteiger partial charge in [0, 0.05) is 13.0 Å². The molecule has 2 aliphatic rings. The third-order valence-electron chi connectivity index (χ3n) is 5.70. The number of urea groups is 1. The van der Waals surface area contributed by atoms with E-state index in [1.807, 2.05) is 0 Å². The van der Waals surface area contributed by atoms with E-state index in [-0.39, 0.29) is 36.4 Å². The van der Waals surface area contributed by atoms with Crippen molar-refractivity contribution in [2.45, 2.75) is 58.4 Å². The molecule has 0 saturated carbocycles. The number of methoxy groups -OCH3 is 2. The molecule has 1 unspecified atom stereocenters. The summed E-state index contributed by atoms with van der Waals surface area (Å²) in [4.78, 5) is 38.5. The zero-order chi connectivity index (χ0) is 26.8. The Hall–Kier alpha value is -3.10. The van der Waals surface area contributed by atoms with Crippen LogP contribution in [-0.4, -0.2) is 75.4 Å². The molecule has 14 heteroatoms. The van der Waals surface area contributed by atoms with Crippen molar-refractivity contribution in [1.82, 2.24) is 9.96 Å². The fourth-order valence-electron chi connectivity index (χ4n) is 4.10. The minimum Gasteiger partial charge on any atom is -0.496 e. The number of hydroxylamine groups is 2. The summed E-state index contributed by atoms with van der Waals surface area (Å²) in [5, 5.41) is 0.650. The van der Waals surface area contributed by atoms with Crippen molar-refractivity contribution in [1.29, 1.82) is 0 Å². The molecule has 13 nitrogen and oxygen atoms in total.